The van der Waals surface area contributed by atoms with Crippen molar-refractivity contribution in [1.29, 1.82) is 0 Å². The highest BCUT2D eigenvalue weighted by Gasteiger charge is 2.23. The normalized spacial score (nSPS) is 10.4. The Hall–Kier alpha value is -2.69. The summed E-state index contributed by atoms with van der Waals surface area (Å²) in [5.41, 5.74) is 3.07. The lowest BCUT2D eigenvalue weighted by atomic mass is 9.36. The molecule has 3 aromatic carbocycles. The molecule has 0 spiro atoms. The highest BCUT2D eigenvalue weighted by molar-refractivity contribution is 6.95. The summed E-state index contributed by atoms with van der Waals surface area (Å²) >= 11 is 0. The van der Waals surface area contributed by atoms with Gasteiger partial charge in [0.1, 0.15) is 11.5 Å². The van der Waals surface area contributed by atoms with Gasteiger partial charge in [-0.2, -0.15) is 0 Å². The molecule has 0 saturated heterocycles. The van der Waals surface area contributed by atoms with Crippen molar-refractivity contribution in [2.24, 2.45) is 0 Å². The molecule has 0 aliphatic rings. The molecule has 6 heteroatoms. The van der Waals surface area contributed by atoms with Crippen molar-refractivity contribution >= 4 is 35.7 Å². The molecule has 0 atom stereocenters. The van der Waals surface area contributed by atoms with E-state index in [1.165, 1.54) is 0 Å². The number of rotatable bonds is 4. The lowest BCUT2D eigenvalue weighted by Gasteiger charge is -2.16. The van der Waals surface area contributed by atoms with Crippen LogP contribution in [0.4, 0.5) is 0 Å². The van der Waals surface area contributed by atoms with E-state index >= 15 is 0 Å². The molecule has 0 unspecified atom stereocenters. The van der Waals surface area contributed by atoms with Gasteiger partial charge in [-0.05, 0) is 29.7 Å². The van der Waals surface area contributed by atoms with Gasteiger partial charge in [0.2, 0.25) is 6.71 Å². The molecule has 118 valence electrons. The first-order chi connectivity index (χ1) is 11.5. The Labute approximate surface area is 140 Å². The van der Waals surface area contributed by atoms with Crippen molar-refractivity contribution in [3.8, 4) is 11.5 Å². The van der Waals surface area contributed by atoms with Crippen LogP contribution in [0.25, 0.3) is 0 Å². The summed E-state index contributed by atoms with van der Waals surface area (Å²) in [5.74, 6) is 0.333. The molecule has 0 aromatic heterocycles. The number of phenols is 2. The van der Waals surface area contributed by atoms with Crippen LogP contribution in [0.2, 0.25) is 0 Å². The van der Waals surface area contributed by atoms with E-state index in [0.717, 1.165) is 16.4 Å². The van der Waals surface area contributed by atoms with Gasteiger partial charge in [0.15, 0.2) is 0 Å². The molecule has 4 N–H and O–H groups in total. The first-order valence-corrected chi connectivity index (χ1v) is 7.58. The van der Waals surface area contributed by atoms with Gasteiger partial charge in [-0.1, -0.05) is 64.9 Å². The standard InChI is InChI=1S/C18H16B2O4/c21-17-5-1-3-15(11-17)19(16-4-2-6-18(22)12-16)13-7-9-14(10-8-13)20(23)24/h1-12,21-24H. The Bertz CT molecular complexity index is 789. The maximum atomic E-state index is 9.81. The van der Waals surface area contributed by atoms with Crippen LogP contribution in [-0.2, 0) is 0 Å². The fourth-order valence-corrected chi connectivity index (χ4v) is 2.85. The minimum absolute atomic E-state index is 0.167. The Morgan fingerprint density at radius 2 is 1.00 bits per heavy atom. The number of hydrogen-bond donors (Lipinski definition) is 4. The molecule has 3 aromatic rings. The van der Waals surface area contributed by atoms with Crippen molar-refractivity contribution in [1.82, 2.24) is 0 Å². The smallest absolute Gasteiger partial charge is 0.488 e. The van der Waals surface area contributed by atoms with Gasteiger partial charge >= 0.3 is 7.12 Å². The van der Waals surface area contributed by atoms with Gasteiger partial charge in [-0.3, -0.25) is 0 Å². The van der Waals surface area contributed by atoms with Crippen molar-refractivity contribution in [3.05, 3.63) is 72.8 Å². The van der Waals surface area contributed by atoms with E-state index in [2.05, 4.69) is 0 Å². The van der Waals surface area contributed by atoms with Crippen molar-refractivity contribution in [3.63, 3.8) is 0 Å². The van der Waals surface area contributed by atoms with E-state index < -0.39 is 7.12 Å². The zero-order valence-corrected chi connectivity index (χ0v) is 12.9. The third kappa shape index (κ3) is 3.45. The summed E-state index contributed by atoms with van der Waals surface area (Å²) in [6.45, 7) is -0.200. The first-order valence-electron chi connectivity index (χ1n) is 7.58. The summed E-state index contributed by atoms with van der Waals surface area (Å²) < 4.78 is 0. The monoisotopic (exact) mass is 318 g/mol. The second-order valence-electron chi connectivity index (χ2n) is 5.66. The van der Waals surface area contributed by atoms with Gasteiger partial charge in [0.25, 0.3) is 0 Å². The van der Waals surface area contributed by atoms with Gasteiger partial charge in [0, 0.05) is 0 Å². The lowest BCUT2D eigenvalue weighted by Crippen LogP contribution is -2.52. The Kier molecular flexibility index (Phi) is 4.60. The molecule has 3 rings (SSSR count). The molecule has 0 amide bonds. The van der Waals surface area contributed by atoms with Crippen LogP contribution in [0.15, 0.2) is 72.8 Å². The maximum absolute atomic E-state index is 9.81. The first kappa shape index (κ1) is 16.2. The van der Waals surface area contributed by atoms with Crippen molar-refractivity contribution < 1.29 is 20.3 Å². The second kappa shape index (κ2) is 6.83. The summed E-state index contributed by atoms with van der Waals surface area (Å²) in [6.07, 6.45) is 0. The van der Waals surface area contributed by atoms with Gasteiger partial charge in [-0.25, -0.2) is 0 Å². The molecule has 0 fully saturated rings. The quantitative estimate of drug-likeness (QED) is 0.479. The Morgan fingerprint density at radius 3 is 1.42 bits per heavy atom. The number of hydrogen-bond acceptors (Lipinski definition) is 4. The fourth-order valence-electron chi connectivity index (χ4n) is 2.85. The number of benzene rings is 3. The maximum Gasteiger partial charge on any atom is 0.488 e. The van der Waals surface area contributed by atoms with Gasteiger partial charge < -0.3 is 20.3 Å². The fraction of sp³-hybridized carbons (Fsp3) is 0. The second-order valence-corrected chi connectivity index (χ2v) is 5.66. The minimum Gasteiger partial charge on any atom is -0.508 e. The van der Waals surface area contributed by atoms with E-state index in [1.807, 2.05) is 24.3 Å². The predicted octanol–water partition coefficient (Wildman–Crippen LogP) is -0.706. The molecule has 0 bridgehead atoms. The predicted molar refractivity (Wildman–Crippen MR) is 97.1 cm³/mol. The van der Waals surface area contributed by atoms with Crippen LogP contribution in [0.1, 0.15) is 0 Å². The molecule has 0 aliphatic carbocycles. The highest BCUT2D eigenvalue weighted by Crippen LogP contribution is 2.08. The van der Waals surface area contributed by atoms with Gasteiger partial charge in [-0.15, -0.1) is 0 Å². The van der Waals surface area contributed by atoms with Crippen molar-refractivity contribution in [2.45, 2.75) is 0 Å². The molecule has 24 heavy (non-hydrogen) atoms. The van der Waals surface area contributed by atoms with Crippen LogP contribution in [0, 0.1) is 0 Å². The molecular formula is C18H16B2O4. The number of aromatic hydroxyl groups is 2. The topological polar surface area (TPSA) is 80.9 Å². The summed E-state index contributed by atoms with van der Waals surface area (Å²) in [5, 5.41) is 38.1. The summed E-state index contributed by atoms with van der Waals surface area (Å²) in [6, 6.07) is 20.9. The van der Waals surface area contributed by atoms with Crippen LogP contribution in [-0.4, -0.2) is 34.1 Å². The molecule has 4 nitrogen and oxygen atoms in total. The highest BCUT2D eigenvalue weighted by atomic mass is 16.4. The molecule has 0 heterocycles. The van der Waals surface area contributed by atoms with Crippen LogP contribution >= 0.6 is 0 Å². The van der Waals surface area contributed by atoms with E-state index in [4.69, 9.17) is 0 Å². The van der Waals surface area contributed by atoms with Gasteiger partial charge in [0.05, 0.1) is 0 Å². The largest absolute Gasteiger partial charge is 0.508 e. The summed E-state index contributed by atoms with van der Waals surface area (Å²) in [7, 11) is -1.51. The zero-order valence-electron chi connectivity index (χ0n) is 12.9. The summed E-state index contributed by atoms with van der Waals surface area (Å²) in [4.78, 5) is 0. The van der Waals surface area contributed by atoms with E-state index in [1.54, 1.807) is 48.5 Å². The SMILES string of the molecule is OB(O)c1ccc(B(c2cccc(O)c2)c2cccc(O)c2)cc1. The van der Waals surface area contributed by atoms with Crippen LogP contribution in [0.5, 0.6) is 11.5 Å². The third-order valence-corrected chi connectivity index (χ3v) is 3.98. The molecule has 0 saturated carbocycles. The Morgan fingerprint density at radius 1 is 0.542 bits per heavy atom. The van der Waals surface area contributed by atoms with E-state index in [9.17, 15) is 20.3 Å². The average molecular weight is 318 g/mol. The minimum atomic E-state index is -1.51. The van der Waals surface area contributed by atoms with Crippen LogP contribution < -0.4 is 21.9 Å². The third-order valence-electron chi connectivity index (χ3n) is 3.98. The molecular weight excluding hydrogens is 302 g/mol. The lowest BCUT2D eigenvalue weighted by molar-refractivity contribution is 0.426. The average Bonchev–Trinajstić information content (AvgIpc) is 2.56. The molecule has 0 radical (unpaired) electrons. The number of phenolic OH excluding ortho intramolecular Hbond substituents is 2. The van der Waals surface area contributed by atoms with E-state index in [0.29, 0.717) is 5.46 Å². The zero-order chi connectivity index (χ0) is 17.1. The van der Waals surface area contributed by atoms with Crippen molar-refractivity contribution in [2.75, 3.05) is 0 Å². The molecule has 0 aliphatic heterocycles. The van der Waals surface area contributed by atoms with Crippen LogP contribution in [0.3, 0.4) is 0 Å². The van der Waals surface area contributed by atoms with E-state index in [-0.39, 0.29) is 18.2 Å². The Balaban J connectivity index is 2.11.